The average Bonchev–Trinajstić information content (AvgIpc) is 2.41. The van der Waals surface area contributed by atoms with Gasteiger partial charge in [-0.05, 0) is 23.1 Å². The number of likely N-dealkylation sites (tertiary alicyclic amines) is 1. The van der Waals surface area contributed by atoms with E-state index in [1.165, 1.54) is 11.0 Å². The van der Waals surface area contributed by atoms with E-state index in [1.807, 2.05) is 6.92 Å². The van der Waals surface area contributed by atoms with Crippen molar-refractivity contribution in [2.45, 2.75) is 26.3 Å². The van der Waals surface area contributed by atoms with Gasteiger partial charge in [0.1, 0.15) is 0 Å². The number of aliphatic carboxylic acids is 1. The van der Waals surface area contributed by atoms with Gasteiger partial charge in [-0.1, -0.05) is 31.2 Å². The van der Waals surface area contributed by atoms with Crippen molar-refractivity contribution in [3.8, 4) is 0 Å². The van der Waals surface area contributed by atoms with Crippen LogP contribution in [0.25, 0.3) is 6.08 Å². The van der Waals surface area contributed by atoms with Crippen LogP contribution >= 0.6 is 0 Å². The van der Waals surface area contributed by atoms with Crippen molar-refractivity contribution in [2.24, 2.45) is 5.92 Å². The van der Waals surface area contributed by atoms with E-state index in [4.69, 9.17) is 5.11 Å². The number of carboxylic acid groups (broad SMARTS) is 1. The highest BCUT2D eigenvalue weighted by Gasteiger charge is 2.29. The van der Waals surface area contributed by atoms with E-state index in [0.29, 0.717) is 12.8 Å². The van der Waals surface area contributed by atoms with Crippen LogP contribution in [0.15, 0.2) is 30.3 Å². The van der Waals surface area contributed by atoms with Crippen molar-refractivity contribution in [1.29, 1.82) is 0 Å². The molecule has 21 heavy (non-hydrogen) atoms. The summed E-state index contributed by atoms with van der Waals surface area (Å²) in [6, 6.07) is 7.10. The van der Waals surface area contributed by atoms with Gasteiger partial charge < -0.3 is 5.11 Å². The van der Waals surface area contributed by atoms with Gasteiger partial charge in [-0.3, -0.25) is 14.5 Å². The summed E-state index contributed by atoms with van der Waals surface area (Å²) in [5.74, 6) is -1.15. The molecule has 0 saturated carbocycles. The standard InChI is InChI=1S/C16H17NO4/c1-11-8-14(18)17(15(19)9-11)10-13-4-2-12(3-5-13)6-7-16(20)21/h2-7,11H,8-10H2,1H3,(H,20,21)/b7-6+. The smallest absolute Gasteiger partial charge is 0.328 e. The van der Waals surface area contributed by atoms with Gasteiger partial charge >= 0.3 is 5.97 Å². The third-order valence-electron chi connectivity index (χ3n) is 3.39. The first-order chi connectivity index (χ1) is 9.95. The third-order valence-corrected chi connectivity index (χ3v) is 3.39. The maximum absolute atomic E-state index is 11.9. The summed E-state index contributed by atoms with van der Waals surface area (Å²) < 4.78 is 0. The van der Waals surface area contributed by atoms with E-state index >= 15 is 0 Å². The molecular formula is C16H17NO4. The molecule has 0 spiro atoms. The Labute approximate surface area is 122 Å². The van der Waals surface area contributed by atoms with E-state index in [0.717, 1.165) is 17.2 Å². The van der Waals surface area contributed by atoms with Gasteiger partial charge in [0.25, 0.3) is 0 Å². The minimum atomic E-state index is -1.00. The Balaban J connectivity index is 2.05. The molecular weight excluding hydrogens is 270 g/mol. The molecule has 1 saturated heterocycles. The zero-order valence-corrected chi connectivity index (χ0v) is 11.8. The average molecular weight is 287 g/mol. The Morgan fingerprint density at radius 1 is 1.24 bits per heavy atom. The van der Waals surface area contributed by atoms with Crippen LogP contribution in [0.3, 0.4) is 0 Å². The molecule has 1 heterocycles. The second-order valence-electron chi connectivity index (χ2n) is 5.30. The summed E-state index contributed by atoms with van der Waals surface area (Å²) in [6.07, 6.45) is 3.37. The SMILES string of the molecule is CC1CC(=O)N(Cc2ccc(/C=C/C(=O)O)cc2)C(=O)C1. The number of imide groups is 1. The van der Waals surface area contributed by atoms with Crippen molar-refractivity contribution in [1.82, 2.24) is 4.90 Å². The number of piperidine rings is 1. The minimum absolute atomic E-state index is 0.116. The molecule has 0 bridgehead atoms. The summed E-state index contributed by atoms with van der Waals surface area (Å²) >= 11 is 0. The Bertz CT molecular complexity index is 571. The molecule has 1 fully saturated rings. The number of carboxylic acids is 1. The quantitative estimate of drug-likeness (QED) is 0.679. The van der Waals surface area contributed by atoms with Crippen LogP contribution in [0, 0.1) is 5.92 Å². The molecule has 1 N–H and O–H groups in total. The van der Waals surface area contributed by atoms with Crippen LogP contribution in [-0.2, 0) is 20.9 Å². The van der Waals surface area contributed by atoms with Gasteiger partial charge in [0.05, 0.1) is 6.54 Å². The fraction of sp³-hybridized carbons (Fsp3) is 0.312. The van der Waals surface area contributed by atoms with Gasteiger partial charge in [-0.25, -0.2) is 4.79 Å². The highest BCUT2D eigenvalue weighted by molar-refractivity contribution is 5.97. The number of rotatable bonds is 4. The molecule has 0 aliphatic carbocycles. The summed E-state index contributed by atoms with van der Waals surface area (Å²) in [7, 11) is 0. The van der Waals surface area contributed by atoms with Crippen molar-refractivity contribution in [3.63, 3.8) is 0 Å². The molecule has 1 aromatic rings. The summed E-state index contributed by atoms with van der Waals surface area (Å²) in [4.78, 5) is 35.5. The maximum atomic E-state index is 11.9. The van der Waals surface area contributed by atoms with Crippen molar-refractivity contribution < 1.29 is 19.5 Å². The number of hydrogen-bond acceptors (Lipinski definition) is 3. The highest BCUT2D eigenvalue weighted by Crippen LogP contribution is 2.21. The molecule has 0 atom stereocenters. The normalized spacial score (nSPS) is 16.7. The number of carbonyl (C=O) groups excluding carboxylic acids is 2. The first-order valence-corrected chi connectivity index (χ1v) is 6.79. The number of hydrogen-bond donors (Lipinski definition) is 1. The van der Waals surface area contributed by atoms with Crippen molar-refractivity contribution in [3.05, 3.63) is 41.5 Å². The molecule has 0 aromatic heterocycles. The highest BCUT2D eigenvalue weighted by atomic mass is 16.4. The van der Waals surface area contributed by atoms with Crippen molar-refractivity contribution >= 4 is 23.9 Å². The largest absolute Gasteiger partial charge is 0.478 e. The summed E-state index contributed by atoms with van der Waals surface area (Å²) in [6.45, 7) is 2.17. The molecule has 0 radical (unpaired) electrons. The van der Waals surface area contributed by atoms with E-state index in [-0.39, 0.29) is 24.3 Å². The van der Waals surface area contributed by atoms with E-state index in [1.54, 1.807) is 24.3 Å². The topological polar surface area (TPSA) is 74.7 Å². The van der Waals surface area contributed by atoms with Gasteiger partial charge in [0.15, 0.2) is 0 Å². The lowest BCUT2D eigenvalue weighted by Crippen LogP contribution is -2.42. The minimum Gasteiger partial charge on any atom is -0.478 e. The molecule has 5 heteroatoms. The lowest BCUT2D eigenvalue weighted by atomic mass is 9.97. The molecule has 2 amide bonds. The van der Waals surface area contributed by atoms with Gasteiger partial charge in [0, 0.05) is 18.9 Å². The van der Waals surface area contributed by atoms with Crippen molar-refractivity contribution in [2.75, 3.05) is 0 Å². The number of carbonyl (C=O) groups is 3. The second-order valence-corrected chi connectivity index (χ2v) is 5.30. The van der Waals surface area contributed by atoms with Crippen LogP contribution in [-0.4, -0.2) is 27.8 Å². The Hall–Kier alpha value is -2.43. The zero-order valence-electron chi connectivity index (χ0n) is 11.8. The molecule has 1 aromatic carbocycles. The summed E-state index contributed by atoms with van der Waals surface area (Å²) in [5.41, 5.74) is 1.60. The van der Waals surface area contributed by atoms with Crippen LogP contribution in [0.2, 0.25) is 0 Å². The molecule has 0 unspecified atom stereocenters. The summed E-state index contributed by atoms with van der Waals surface area (Å²) in [5, 5.41) is 8.56. The molecule has 2 rings (SSSR count). The monoisotopic (exact) mass is 287 g/mol. The predicted molar refractivity (Wildman–Crippen MR) is 77.1 cm³/mol. The fourth-order valence-corrected chi connectivity index (χ4v) is 2.29. The number of benzene rings is 1. The predicted octanol–water partition coefficient (Wildman–Crippen LogP) is 2.07. The zero-order chi connectivity index (χ0) is 15.4. The van der Waals surface area contributed by atoms with Gasteiger partial charge in [-0.2, -0.15) is 0 Å². The molecule has 1 aliphatic heterocycles. The third kappa shape index (κ3) is 4.02. The first kappa shape index (κ1) is 15.0. The molecule has 110 valence electrons. The number of amides is 2. The molecule has 5 nitrogen and oxygen atoms in total. The second kappa shape index (κ2) is 6.35. The lowest BCUT2D eigenvalue weighted by molar-refractivity contribution is -0.150. The lowest BCUT2D eigenvalue weighted by Gasteiger charge is -2.28. The van der Waals surface area contributed by atoms with Gasteiger partial charge in [0.2, 0.25) is 11.8 Å². The Morgan fingerprint density at radius 2 is 1.81 bits per heavy atom. The van der Waals surface area contributed by atoms with Crippen LogP contribution < -0.4 is 0 Å². The van der Waals surface area contributed by atoms with Crippen LogP contribution in [0.5, 0.6) is 0 Å². The Kier molecular flexibility index (Phi) is 4.52. The number of nitrogens with zero attached hydrogens (tertiary/aromatic N) is 1. The Morgan fingerprint density at radius 3 is 2.33 bits per heavy atom. The maximum Gasteiger partial charge on any atom is 0.328 e. The van der Waals surface area contributed by atoms with E-state index in [2.05, 4.69) is 0 Å². The first-order valence-electron chi connectivity index (χ1n) is 6.79. The van der Waals surface area contributed by atoms with E-state index < -0.39 is 5.97 Å². The van der Waals surface area contributed by atoms with Crippen LogP contribution in [0.4, 0.5) is 0 Å². The molecule has 1 aliphatic rings. The fourth-order valence-electron chi connectivity index (χ4n) is 2.29. The van der Waals surface area contributed by atoms with Gasteiger partial charge in [-0.15, -0.1) is 0 Å². The van der Waals surface area contributed by atoms with Crippen LogP contribution in [0.1, 0.15) is 30.9 Å². The van der Waals surface area contributed by atoms with E-state index in [9.17, 15) is 14.4 Å².